The predicted octanol–water partition coefficient (Wildman–Crippen LogP) is 5.01. The fraction of sp³-hybridized carbons (Fsp3) is 1.00. The van der Waals surface area contributed by atoms with Crippen LogP contribution in [0, 0.1) is 11.8 Å². The van der Waals surface area contributed by atoms with Crippen LogP contribution in [0.3, 0.4) is 0 Å². The van der Waals surface area contributed by atoms with Crippen LogP contribution >= 0.6 is 0 Å². The second-order valence-electron chi connectivity index (χ2n) is 5.66. The van der Waals surface area contributed by atoms with E-state index < -0.39 is 0 Å². The Morgan fingerprint density at radius 2 is 1.65 bits per heavy atom. The molecule has 0 bridgehead atoms. The average Bonchev–Trinajstić information content (AvgIpc) is 2.34. The van der Waals surface area contributed by atoms with Crippen LogP contribution < -0.4 is 5.32 Å². The van der Waals surface area contributed by atoms with E-state index in [1.165, 1.54) is 44.9 Å². The number of nitrogens with one attached hydrogen (secondary N) is 1. The normalized spacial score (nSPS) is 16.8. The van der Waals surface area contributed by atoms with E-state index in [2.05, 4.69) is 39.9 Å². The lowest BCUT2D eigenvalue weighted by molar-refractivity contribution is 0.310. The van der Waals surface area contributed by atoms with Gasteiger partial charge in [-0.3, -0.25) is 0 Å². The topological polar surface area (TPSA) is 12.0 Å². The highest BCUT2D eigenvalue weighted by Crippen LogP contribution is 2.22. The van der Waals surface area contributed by atoms with Gasteiger partial charge in [0.2, 0.25) is 0 Å². The van der Waals surface area contributed by atoms with Crippen molar-refractivity contribution in [2.75, 3.05) is 6.54 Å². The highest BCUT2D eigenvalue weighted by atomic mass is 14.9. The van der Waals surface area contributed by atoms with Gasteiger partial charge in [0.25, 0.3) is 0 Å². The average molecular weight is 241 g/mol. The number of hydrogen-bond donors (Lipinski definition) is 1. The predicted molar refractivity (Wildman–Crippen MR) is 79.5 cm³/mol. The molecule has 0 radical (unpaired) electrons. The maximum atomic E-state index is 3.69. The minimum absolute atomic E-state index is 0.747. The summed E-state index contributed by atoms with van der Waals surface area (Å²) in [4.78, 5) is 0. The van der Waals surface area contributed by atoms with Crippen LogP contribution in [0.2, 0.25) is 0 Å². The first kappa shape index (κ1) is 17.0. The molecule has 1 nitrogen and oxygen atoms in total. The van der Waals surface area contributed by atoms with E-state index in [9.17, 15) is 0 Å². The van der Waals surface area contributed by atoms with Gasteiger partial charge < -0.3 is 5.32 Å². The van der Waals surface area contributed by atoms with Crippen molar-refractivity contribution in [3.05, 3.63) is 0 Å². The zero-order valence-electron chi connectivity index (χ0n) is 12.9. The molecule has 3 unspecified atom stereocenters. The lowest BCUT2D eigenvalue weighted by Gasteiger charge is -2.25. The molecule has 0 aromatic rings. The number of rotatable bonds is 11. The molecule has 0 aromatic carbocycles. The highest BCUT2D eigenvalue weighted by Gasteiger charge is 2.16. The van der Waals surface area contributed by atoms with Crippen molar-refractivity contribution in [3.63, 3.8) is 0 Å². The summed E-state index contributed by atoms with van der Waals surface area (Å²) in [5.41, 5.74) is 0. The maximum absolute atomic E-state index is 3.69. The zero-order chi connectivity index (χ0) is 13.1. The van der Waals surface area contributed by atoms with Gasteiger partial charge in [-0.2, -0.15) is 0 Å². The summed E-state index contributed by atoms with van der Waals surface area (Å²) in [6, 6.07) is 0.747. The summed E-state index contributed by atoms with van der Waals surface area (Å²) >= 11 is 0. The summed E-state index contributed by atoms with van der Waals surface area (Å²) in [6.07, 6.45) is 9.57. The third-order valence-corrected chi connectivity index (χ3v) is 4.04. The Kier molecular flexibility index (Phi) is 11.0. The Labute approximate surface area is 110 Å². The van der Waals surface area contributed by atoms with E-state index in [4.69, 9.17) is 0 Å². The van der Waals surface area contributed by atoms with Crippen LogP contribution in [0.1, 0.15) is 79.6 Å². The van der Waals surface area contributed by atoms with Gasteiger partial charge in [0.15, 0.2) is 0 Å². The quantitative estimate of drug-likeness (QED) is 0.536. The van der Waals surface area contributed by atoms with Crippen LogP contribution in [-0.4, -0.2) is 12.6 Å². The molecule has 0 rings (SSSR count). The fourth-order valence-electron chi connectivity index (χ4n) is 2.59. The second kappa shape index (κ2) is 11.1. The molecule has 0 aromatic heterocycles. The van der Waals surface area contributed by atoms with Gasteiger partial charge in [0.05, 0.1) is 0 Å². The van der Waals surface area contributed by atoms with Gasteiger partial charge in [-0.15, -0.1) is 0 Å². The lowest BCUT2D eigenvalue weighted by atomic mass is 9.88. The standard InChI is InChI=1S/C16H35N/c1-6-10-11-15(8-3)13-16(17-9-4)12-14(5)7-2/h14-17H,6-13H2,1-5H3. The molecule has 0 aliphatic rings. The first-order valence-electron chi connectivity index (χ1n) is 7.91. The Bertz CT molecular complexity index is 156. The van der Waals surface area contributed by atoms with Gasteiger partial charge in [0.1, 0.15) is 0 Å². The maximum Gasteiger partial charge on any atom is 0.00721 e. The second-order valence-corrected chi connectivity index (χ2v) is 5.66. The van der Waals surface area contributed by atoms with Crippen molar-refractivity contribution in [1.29, 1.82) is 0 Å². The molecule has 1 heteroatoms. The molecule has 0 aliphatic heterocycles. The van der Waals surface area contributed by atoms with Crippen LogP contribution in [0.4, 0.5) is 0 Å². The van der Waals surface area contributed by atoms with Crippen LogP contribution in [0.15, 0.2) is 0 Å². The van der Waals surface area contributed by atoms with Crippen molar-refractivity contribution in [3.8, 4) is 0 Å². The van der Waals surface area contributed by atoms with Gasteiger partial charge in [-0.25, -0.2) is 0 Å². The molecule has 0 amide bonds. The van der Waals surface area contributed by atoms with Gasteiger partial charge >= 0.3 is 0 Å². The minimum Gasteiger partial charge on any atom is -0.314 e. The van der Waals surface area contributed by atoms with Crippen LogP contribution in [0.5, 0.6) is 0 Å². The zero-order valence-corrected chi connectivity index (χ0v) is 12.9. The first-order valence-corrected chi connectivity index (χ1v) is 7.91. The molecule has 0 saturated heterocycles. The Balaban J connectivity index is 4.09. The molecule has 1 N–H and O–H groups in total. The lowest BCUT2D eigenvalue weighted by Crippen LogP contribution is -2.32. The van der Waals surface area contributed by atoms with Crippen molar-refractivity contribution < 1.29 is 0 Å². The Hall–Kier alpha value is -0.0400. The van der Waals surface area contributed by atoms with Crippen LogP contribution in [0.25, 0.3) is 0 Å². The summed E-state index contributed by atoms with van der Waals surface area (Å²) in [5.74, 6) is 1.80. The molecule has 0 fully saturated rings. The smallest absolute Gasteiger partial charge is 0.00721 e. The van der Waals surface area contributed by atoms with E-state index >= 15 is 0 Å². The highest BCUT2D eigenvalue weighted by molar-refractivity contribution is 4.73. The van der Waals surface area contributed by atoms with Crippen molar-refractivity contribution in [2.24, 2.45) is 11.8 Å². The Morgan fingerprint density at radius 1 is 0.941 bits per heavy atom. The summed E-state index contributed by atoms with van der Waals surface area (Å²) in [6.45, 7) is 12.7. The minimum atomic E-state index is 0.747. The molecule has 104 valence electrons. The van der Waals surface area contributed by atoms with E-state index in [0.29, 0.717) is 0 Å². The van der Waals surface area contributed by atoms with Crippen molar-refractivity contribution in [2.45, 2.75) is 85.6 Å². The largest absolute Gasteiger partial charge is 0.314 e. The molecular formula is C16H35N. The monoisotopic (exact) mass is 241 g/mol. The molecule has 0 aliphatic carbocycles. The van der Waals surface area contributed by atoms with Crippen LogP contribution in [-0.2, 0) is 0 Å². The van der Waals surface area contributed by atoms with Gasteiger partial charge in [-0.05, 0) is 31.2 Å². The van der Waals surface area contributed by atoms with E-state index in [1.54, 1.807) is 0 Å². The van der Waals surface area contributed by atoms with E-state index in [-0.39, 0.29) is 0 Å². The first-order chi connectivity index (χ1) is 8.17. The summed E-state index contributed by atoms with van der Waals surface area (Å²) < 4.78 is 0. The molecular weight excluding hydrogens is 206 g/mol. The fourth-order valence-corrected chi connectivity index (χ4v) is 2.59. The summed E-state index contributed by atoms with van der Waals surface area (Å²) in [7, 11) is 0. The van der Waals surface area contributed by atoms with E-state index in [1.807, 2.05) is 0 Å². The summed E-state index contributed by atoms with van der Waals surface area (Å²) in [5, 5.41) is 3.69. The third kappa shape index (κ3) is 8.65. The molecule has 17 heavy (non-hydrogen) atoms. The van der Waals surface area contributed by atoms with Gasteiger partial charge in [0, 0.05) is 6.04 Å². The SMILES string of the molecule is CCCCC(CC)CC(CC(C)CC)NCC. The molecule has 3 atom stereocenters. The molecule has 0 heterocycles. The molecule has 0 spiro atoms. The Morgan fingerprint density at radius 3 is 2.12 bits per heavy atom. The number of unbranched alkanes of at least 4 members (excludes halogenated alkanes) is 1. The van der Waals surface area contributed by atoms with Crippen molar-refractivity contribution >= 4 is 0 Å². The molecule has 0 saturated carbocycles. The number of hydrogen-bond acceptors (Lipinski definition) is 1. The third-order valence-electron chi connectivity index (χ3n) is 4.04. The van der Waals surface area contributed by atoms with Crippen molar-refractivity contribution in [1.82, 2.24) is 5.32 Å². The van der Waals surface area contributed by atoms with Gasteiger partial charge in [-0.1, -0.05) is 66.7 Å². The van der Waals surface area contributed by atoms with E-state index in [0.717, 1.165) is 24.4 Å².